The van der Waals surface area contributed by atoms with E-state index in [9.17, 15) is 10.2 Å². The van der Waals surface area contributed by atoms with Crippen molar-refractivity contribution < 1.29 is 14.9 Å². The minimum Gasteiger partial charge on any atom is -0.508 e. The normalized spacial score (nSPS) is 10.6. The number of rotatable bonds is 6. The van der Waals surface area contributed by atoms with Gasteiger partial charge in [-0.25, -0.2) is 0 Å². The molecule has 0 aromatic heterocycles. The van der Waals surface area contributed by atoms with Crippen molar-refractivity contribution in [2.45, 2.75) is 12.8 Å². The quantitative estimate of drug-likeness (QED) is 0.425. The third kappa shape index (κ3) is 4.77. The first-order valence-corrected chi connectivity index (χ1v) is 9.57. The van der Waals surface area contributed by atoms with Crippen molar-refractivity contribution in [1.82, 2.24) is 0 Å². The highest BCUT2D eigenvalue weighted by atomic mass is 16.5. The van der Waals surface area contributed by atoms with Crippen molar-refractivity contribution in [2.75, 3.05) is 0 Å². The standard InChI is InChI=1S/C26H22O3/c27-22-13-9-19(10-14-22)17-21-5-4-8-26(29-24-6-2-1-3-7-24)25(21)18-20-11-15-23(28)16-12-20/h1-16,27-28H,17-18H2. The van der Waals surface area contributed by atoms with E-state index in [2.05, 4.69) is 6.07 Å². The molecule has 2 N–H and O–H groups in total. The Hall–Kier alpha value is -3.72. The third-order valence-electron chi connectivity index (χ3n) is 4.85. The Kier molecular flexibility index (Phi) is 5.48. The molecule has 0 heterocycles. The highest BCUT2D eigenvalue weighted by Crippen LogP contribution is 2.31. The topological polar surface area (TPSA) is 49.7 Å². The molecule has 3 heteroatoms. The van der Waals surface area contributed by atoms with E-state index in [0.29, 0.717) is 6.42 Å². The lowest BCUT2D eigenvalue weighted by Gasteiger charge is -2.16. The minimum absolute atomic E-state index is 0.256. The summed E-state index contributed by atoms with van der Waals surface area (Å²) in [6.07, 6.45) is 1.43. The van der Waals surface area contributed by atoms with Crippen molar-refractivity contribution in [1.29, 1.82) is 0 Å². The maximum absolute atomic E-state index is 9.60. The summed E-state index contributed by atoms with van der Waals surface area (Å²) < 4.78 is 6.21. The van der Waals surface area contributed by atoms with Crippen LogP contribution < -0.4 is 4.74 Å². The van der Waals surface area contributed by atoms with E-state index in [1.165, 1.54) is 0 Å². The molecule has 4 rings (SSSR count). The molecular weight excluding hydrogens is 360 g/mol. The van der Waals surface area contributed by atoms with Gasteiger partial charge < -0.3 is 14.9 Å². The number of aromatic hydroxyl groups is 2. The van der Waals surface area contributed by atoms with E-state index in [1.807, 2.05) is 66.7 Å². The van der Waals surface area contributed by atoms with Gasteiger partial charge in [-0.05, 0) is 65.6 Å². The average molecular weight is 382 g/mol. The number of hydrogen-bond acceptors (Lipinski definition) is 3. The third-order valence-corrected chi connectivity index (χ3v) is 4.85. The largest absolute Gasteiger partial charge is 0.508 e. The van der Waals surface area contributed by atoms with Gasteiger partial charge in [0, 0.05) is 12.0 Å². The summed E-state index contributed by atoms with van der Waals surface area (Å²) in [6.45, 7) is 0. The lowest BCUT2D eigenvalue weighted by atomic mass is 9.94. The van der Waals surface area contributed by atoms with Crippen LogP contribution in [-0.4, -0.2) is 10.2 Å². The van der Waals surface area contributed by atoms with Gasteiger partial charge in [0.25, 0.3) is 0 Å². The molecule has 0 radical (unpaired) electrons. The molecule has 4 aromatic carbocycles. The molecule has 144 valence electrons. The Labute approximate surface area is 170 Å². The SMILES string of the molecule is Oc1ccc(Cc2cccc(Oc3ccccc3)c2Cc2ccc(O)cc2)cc1. The van der Waals surface area contributed by atoms with Crippen LogP contribution in [-0.2, 0) is 12.8 Å². The molecule has 29 heavy (non-hydrogen) atoms. The molecule has 0 bridgehead atoms. The monoisotopic (exact) mass is 382 g/mol. The molecule has 0 unspecified atom stereocenters. The Morgan fingerprint density at radius 2 is 1.14 bits per heavy atom. The van der Waals surface area contributed by atoms with E-state index >= 15 is 0 Å². The summed E-state index contributed by atoms with van der Waals surface area (Å²) in [6, 6.07) is 30.4. The first kappa shape index (κ1) is 18.6. The van der Waals surface area contributed by atoms with Crippen molar-refractivity contribution >= 4 is 0 Å². The van der Waals surface area contributed by atoms with Gasteiger partial charge in [-0.2, -0.15) is 0 Å². The highest BCUT2D eigenvalue weighted by molar-refractivity contribution is 5.48. The van der Waals surface area contributed by atoms with Gasteiger partial charge in [-0.1, -0.05) is 54.6 Å². The summed E-state index contributed by atoms with van der Waals surface area (Å²) in [5, 5.41) is 19.2. The fourth-order valence-electron chi connectivity index (χ4n) is 3.34. The van der Waals surface area contributed by atoms with E-state index in [4.69, 9.17) is 4.74 Å². The van der Waals surface area contributed by atoms with E-state index in [1.54, 1.807) is 24.3 Å². The van der Waals surface area contributed by atoms with Gasteiger partial charge in [-0.3, -0.25) is 0 Å². The van der Waals surface area contributed by atoms with Gasteiger partial charge >= 0.3 is 0 Å². The van der Waals surface area contributed by atoms with Gasteiger partial charge in [0.1, 0.15) is 23.0 Å². The van der Waals surface area contributed by atoms with Gasteiger partial charge in [0.05, 0.1) is 0 Å². The lowest BCUT2D eigenvalue weighted by molar-refractivity contribution is 0.474. The van der Waals surface area contributed by atoms with Gasteiger partial charge in [0.2, 0.25) is 0 Å². The fourth-order valence-corrected chi connectivity index (χ4v) is 3.34. The predicted molar refractivity (Wildman–Crippen MR) is 115 cm³/mol. The predicted octanol–water partition coefficient (Wildman–Crippen LogP) is 6.07. The second-order valence-corrected chi connectivity index (χ2v) is 7.00. The Balaban J connectivity index is 1.71. The summed E-state index contributed by atoms with van der Waals surface area (Å²) in [4.78, 5) is 0. The molecule has 0 spiro atoms. The van der Waals surface area contributed by atoms with E-state index < -0.39 is 0 Å². The molecule has 0 aliphatic heterocycles. The smallest absolute Gasteiger partial charge is 0.131 e. The number of phenolic OH excluding ortho intramolecular Hbond substituents is 2. The number of phenols is 2. The summed E-state index contributed by atoms with van der Waals surface area (Å²) in [5.74, 6) is 2.13. The molecule has 4 aromatic rings. The van der Waals surface area contributed by atoms with E-state index in [0.717, 1.165) is 40.2 Å². The van der Waals surface area contributed by atoms with Crippen LogP contribution in [0.15, 0.2) is 97.1 Å². The van der Waals surface area contributed by atoms with Crippen molar-refractivity contribution in [3.05, 3.63) is 119 Å². The van der Waals surface area contributed by atoms with Crippen molar-refractivity contribution in [3.8, 4) is 23.0 Å². The first-order chi connectivity index (χ1) is 14.2. The highest BCUT2D eigenvalue weighted by Gasteiger charge is 2.12. The van der Waals surface area contributed by atoms with E-state index in [-0.39, 0.29) is 11.5 Å². The Morgan fingerprint density at radius 3 is 1.76 bits per heavy atom. The van der Waals surface area contributed by atoms with Crippen LogP contribution in [0.4, 0.5) is 0 Å². The lowest BCUT2D eigenvalue weighted by Crippen LogP contribution is -2.01. The zero-order valence-electron chi connectivity index (χ0n) is 16.0. The maximum Gasteiger partial charge on any atom is 0.131 e. The molecule has 0 aliphatic rings. The molecular formula is C26H22O3. The zero-order chi connectivity index (χ0) is 20.1. The minimum atomic E-state index is 0.256. The van der Waals surface area contributed by atoms with Crippen LogP contribution in [0.3, 0.4) is 0 Å². The molecule has 0 fully saturated rings. The maximum atomic E-state index is 9.60. The second-order valence-electron chi connectivity index (χ2n) is 7.00. The second kappa shape index (κ2) is 8.53. The van der Waals surface area contributed by atoms with Crippen LogP contribution in [0.25, 0.3) is 0 Å². The molecule has 0 saturated carbocycles. The van der Waals surface area contributed by atoms with Crippen LogP contribution >= 0.6 is 0 Å². The van der Waals surface area contributed by atoms with Crippen LogP contribution in [0.2, 0.25) is 0 Å². The summed E-state index contributed by atoms with van der Waals surface area (Å²) in [7, 11) is 0. The van der Waals surface area contributed by atoms with Gasteiger partial charge in [0.15, 0.2) is 0 Å². The molecule has 3 nitrogen and oxygen atoms in total. The number of benzene rings is 4. The summed E-state index contributed by atoms with van der Waals surface area (Å²) in [5.41, 5.74) is 4.48. The number of para-hydroxylation sites is 1. The first-order valence-electron chi connectivity index (χ1n) is 9.57. The fraction of sp³-hybridized carbons (Fsp3) is 0.0769. The van der Waals surface area contributed by atoms with Crippen LogP contribution in [0.1, 0.15) is 22.3 Å². The molecule has 0 amide bonds. The molecule has 0 saturated heterocycles. The summed E-state index contributed by atoms with van der Waals surface area (Å²) >= 11 is 0. The Bertz CT molecular complexity index is 1070. The average Bonchev–Trinajstić information content (AvgIpc) is 2.74. The van der Waals surface area contributed by atoms with Crippen LogP contribution in [0, 0.1) is 0 Å². The Morgan fingerprint density at radius 1 is 0.552 bits per heavy atom. The molecule has 0 atom stereocenters. The number of ether oxygens (including phenoxy) is 1. The zero-order valence-corrected chi connectivity index (χ0v) is 16.0. The van der Waals surface area contributed by atoms with Gasteiger partial charge in [-0.15, -0.1) is 0 Å². The van der Waals surface area contributed by atoms with Crippen LogP contribution in [0.5, 0.6) is 23.0 Å². The molecule has 0 aliphatic carbocycles. The van der Waals surface area contributed by atoms with Crippen molar-refractivity contribution in [3.63, 3.8) is 0 Å². The number of hydrogen-bond donors (Lipinski definition) is 2. The van der Waals surface area contributed by atoms with Crippen molar-refractivity contribution in [2.24, 2.45) is 0 Å².